The molecule has 2 atom stereocenters. The Hall–Kier alpha value is -0.960. The second-order valence-electron chi connectivity index (χ2n) is 7.36. The van der Waals surface area contributed by atoms with Gasteiger partial charge in [0.25, 0.3) is 0 Å². The lowest BCUT2D eigenvalue weighted by atomic mass is 10.00. The van der Waals surface area contributed by atoms with Crippen LogP contribution in [0.5, 0.6) is 0 Å². The standard InChI is InChI=1S/C23H38O2S/c1-4-6-7-8-9-11-14-21(5-2)19-26-18-20(3)23(24)25-17-22-15-12-10-13-16-22/h10,12-13,15-16,20-21H,4-9,11,14,17-19H2,1-3H3. The van der Waals surface area contributed by atoms with Crippen molar-refractivity contribution in [1.29, 1.82) is 0 Å². The Kier molecular flexibility index (Phi) is 13.4. The molecule has 0 fully saturated rings. The number of rotatable bonds is 15. The molecule has 26 heavy (non-hydrogen) atoms. The van der Waals surface area contributed by atoms with Crippen LogP contribution in [0.3, 0.4) is 0 Å². The minimum absolute atomic E-state index is 0.0322. The maximum absolute atomic E-state index is 12.1. The van der Waals surface area contributed by atoms with E-state index < -0.39 is 0 Å². The Balaban J connectivity index is 2.12. The third-order valence-electron chi connectivity index (χ3n) is 4.89. The molecular formula is C23H38O2S. The van der Waals surface area contributed by atoms with E-state index in [1.165, 1.54) is 57.1 Å². The average molecular weight is 379 g/mol. The highest BCUT2D eigenvalue weighted by Crippen LogP contribution is 2.21. The Bertz CT molecular complexity index is 461. The van der Waals surface area contributed by atoms with Crippen LogP contribution in [-0.4, -0.2) is 17.5 Å². The molecule has 1 rings (SSSR count). The van der Waals surface area contributed by atoms with Crippen LogP contribution in [0.4, 0.5) is 0 Å². The highest BCUT2D eigenvalue weighted by Gasteiger charge is 2.16. The zero-order valence-corrected chi connectivity index (χ0v) is 17.9. The van der Waals surface area contributed by atoms with Gasteiger partial charge in [-0.2, -0.15) is 11.8 Å². The molecule has 148 valence electrons. The zero-order valence-electron chi connectivity index (χ0n) is 17.0. The number of hydrogen-bond donors (Lipinski definition) is 0. The van der Waals surface area contributed by atoms with E-state index in [4.69, 9.17) is 4.74 Å². The molecule has 0 amide bonds. The van der Waals surface area contributed by atoms with E-state index in [2.05, 4.69) is 13.8 Å². The van der Waals surface area contributed by atoms with E-state index in [0.29, 0.717) is 6.61 Å². The molecule has 0 saturated heterocycles. The minimum Gasteiger partial charge on any atom is -0.461 e. The zero-order chi connectivity index (χ0) is 19.0. The SMILES string of the molecule is CCCCCCCCC(CC)CSCC(C)C(=O)OCc1ccccc1. The van der Waals surface area contributed by atoms with Crippen LogP contribution >= 0.6 is 11.8 Å². The molecule has 0 heterocycles. The van der Waals surface area contributed by atoms with E-state index in [9.17, 15) is 4.79 Å². The first-order valence-corrected chi connectivity index (χ1v) is 11.6. The van der Waals surface area contributed by atoms with Crippen molar-refractivity contribution in [3.05, 3.63) is 35.9 Å². The molecule has 2 nitrogen and oxygen atoms in total. The van der Waals surface area contributed by atoms with Crippen LogP contribution in [-0.2, 0) is 16.1 Å². The molecule has 0 saturated carbocycles. The summed E-state index contributed by atoms with van der Waals surface area (Å²) in [6.45, 7) is 6.92. The molecule has 0 aliphatic rings. The summed E-state index contributed by atoms with van der Waals surface area (Å²) in [6, 6.07) is 9.88. The Labute approximate surface area is 165 Å². The van der Waals surface area contributed by atoms with Crippen molar-refractivity contribution >= 4 is 17.7 Å². The fraction of sp³-hybridized carbons (Fsp3) is 0.696. The van der Waals surface area contributed by atoms with Gasteiger partial charge in [-0.05, 0) is 23.7 Å². The fourth-order valence-corrected chi connectivity index (χ4v) is 4.33. The number of carbonyl (C=O) groups is 1. The third kappa shape index (κ3) is 10.9. The molecule has 0 spiro atoms. The predicted octanol–water partition coefficient (Wildman–Crippen LogP) is 6.88. The van der Waals surface area contributed by atoms with E-state index in [1.807, 2.05) is 49.0 Å². The second-order valence-corrected chi connectivity index (χ2v) is 8.44. The van der Waals surface area contributed by atoms with Crippen molar-refractivity contribution in [2.75, 3.05) is 11.5 Å². The van der Waals surface area contributed by atoms with Crippen LogP contribution in [0.25, 0.3) is 0 Å². The van der Waals surface area contributed by atoms with Crippen molar-refractivity contribution in [2.24, 2.45) is 11.8 Å². The predicted molar refractivity (Wildman–Crippen MR) is 115 cm³/mol. The van der Waals surface area contributed by atoms with E-state index in [0.717, 1.165) is 17.2 Å². The summed E-state index contributed by atoms with van der Waals surface area (Å²) >= 11 is 1.92. The molecule has 1 aromatic carbocycles. The fourth-order valence-electron chi connectivity index (χ4n) is 2.97. The maximum atomic E-state index is 12.1. The first-order valence-electron chi connectivity index (χ1n) is 10.5. The second kappa shape index (κ2) is 15.1. The molecule has 0 aliphatic heterocycles. The summed E-state index contributed by atoms with van der Waals surface area (Å²) < 4.78 is 5.43. The van der Waals surface area contributed by atoms with Crippen LogP contribution in [0, 0.1) is 11.8 Å². The molecule has 1 aromatic rings. The van der Waals surface area contributed by atoms with E-state index in [1.54, 1.807) is 0 Å². The van der Waals surface area contributed by atoms with Gasteiger partial charge in [0.1, 0.15) is 6.61 Å². The van der Waals surface area contributed by atoms with Gasteiger partial charge in [0.2, 0.25) is 0 Å². The van der Waals surface area contributed by atoms with Crippen molar-refractivity contribution in [2.45, 2.75) is 78.7 Å². The highest BCUT2D eigenvalue weighted by molar-refractivity contribution is 7.99. The first-order chi connectivity index (χ1) is 12.7. The van der Waals surface area contributed by atoms with Crippen molar-refractivity contribution in [1.82, 2.24) is 0 Å². The van der Waals surface area contributed by atoms with Gasteiger partial charge in [-0.15, -0.1) is 0 Å². The Morgan fingerprint density at radius 3 is 2.38 bits per heavy atom. The largest absolute Gasteiger partial charge is 0.461 e. The van der Waals surface area contributed by atoms with Gasteiger partial charge < -0.3 is 4.74 Å². The van der Waals surface area contributed by atoms with Crippen LogP contribution in [0.2, 0.25) is 0 Å². The van der Waals surface area contributed by atoms with Gasteiger partial charge in [-0.25, -0.2) is 0 Å². The van der Waals surface area contributed by atoms with Gasteiger partial charge in [-0.1, -0.05) is 96.0 Å². The molecule has 0 radical (unpaired) electrons. The molecule has 3 heteroatoms. The number of esters is 1. The lowest BCUT2D eigenvalue weighted by Gasteiger charge is -2.16. The summed E-state index contributed by atoms with van der Waals surface area (Å²) in [7, 11) is 0. The van der Waals surface area contributed by atoms with E-state index in [-0.39, 0.29) is 11.9 Å². The van der Waals surface area contributed by atoms with Gasteiger partial charge in [0.15, 0.2) is 0 Å². The molecule has 0 N–H and O–H groups in total. The van der Waals surface area contributed by atoms with Gasteiger partial charge in [-0.3, -0.25) is 4.79 Å². The highest BCUT2D eigenvalue weighted by atomic mass is 32.2. The molecular weight excluding hydrogens is 340 g/mol. The summed E-state index contributed by atoms with van der Waals surface area (Å²) in [5, 5.41) is 0. The summed E-state index contributed by atoms with van der Waals surface area (Å²) in [6.07, 6.45) is 10.8. The molecule has 0 bridgehead atoms. The monoisotopic (exact) mass is 378 g/mol. The normalized spacial score (nSPS) is 13.3. The van der Waals surface area contributed by atoms with E-state index >= 15 is 0 Å². The third-order valence-corrected chi connectivity index (χ3v) is 6.33. The maximum Gasteiger partial charge on any atom is 0.309 e. The van der Waals surface area contributed by atoms with Crippen molar-refractivity contribution in [3.63, 3.8) is 0 Å². The van der Waals surface area contributed by atoms with Crippen LogP contribution < -0.4 is 0 Å². The Morgan fingerprint density at radius 2 is 1.69 bits per heavy atom. The minimum atomic E-state index is -0.0784. The van der Waals surface area contributed by atoms with Crippen LogP contribution in [0.15, 0.2) is 30.3 Å². The number of ether oxygens (including phenoxy) is 1. The van der Waals surface area contributed by atoms with Crippen molar-refractivity contribution < 1.29 is 9.53 Å². The first kappa shape index (κ1) is 23.1. The van der Waals surface area contributed by atoms with Crippen molar-refractivity contribution in [3.8, 4) is 0 Å². The smallest absolute Gasteiger partial charge is 0.309 e. The number of thioether (sulfide) groups is 1. The number of hydrogen-bond acceptors (Lipinski definition) is 3. The lowest BCUT2D eigenvalue weighted by Crippen LogP contribution is -2.17. The Morgan fingerprint density at radius 1 is 1.00 bits per heavy atom. The number of benzene rings is 1. The molecule has 0 aliphatic carbocycles. The van der Waals surface area contributed by atoms with Gasteiger partial charge in [0, 0.05) is 5.75 Å². The lowest BCUT2D eigenvalue weighted by molar-refractivity contribution is -0.148. The summed E-state index contributed by atoms with van der Waals surface area (Å²) in [4.78, 5) is 12.1. The molecule has 2 unspecified atom stereocenters. The topological polar surface area (TPSA) is 26.3 Å². The summed E-state index contributed by atoms with van der Waals surface area (Å²) in [5.74, 6) is 2.71. The average Bonchev–Trinajstić information content (AvgIpc) is 2.67. The number of unbranched alkanes of at least 4 members (excludes halogenated alkanes) is 5. The quantitative estimate of drug-likeness (QED) is 0.246. The van der Waals surface area contributed by atoms with Gasteiger partial charge in [0.05, 0.1) is 5.92 Å². The van der Waals surface area contributed by atoms with Crippen LogP contribution in [0.1, 0.15) is 77.7 Å². The number of carbonyl (C=O) groups excluding carboxylic acids is 1. The molecule has 0 aromatic heterocycles. The van der Waals surface area contributed by atoms with Gasteiger partial charge >= 0.3 is 5.97 Å². The summed E-state index contributed by atoms with van der Waals surface area (Å²) in [5.41, 5.74) is 1.05.